The first kappa shape index (κ1) is 13.1. The molecule has 2 fully saturated rings. The van der Waals surface area contributed by atoms with Gasteiger partial charge in [0, 0.05) is 25.2 Å². The van der Waals surface area contributed by atoms with Gasteiger partial charge in [0.25, 0.3) is 0 Å². The molecule has 0 amide bonds. The molecule has 2 heterocycles. The molecule has 0 radical (unpaired) electrons. The van der Waals surface area contributed by atoms with Crippen LogP contribution >= 0.6 is 0 Å². The quantitative estimate of drug-likeness (QED) is 0.895. The van der Waals surface area contributed by atoms with Gasteiger partial charge in [0.1, 0.15) is 0 Å². The highest BCUT2D eigenvalue weighted by molar-refractivity contribution is 5.05. The maximum atomic E-state index is 5.90. The van der Waals surface area contributed by atoms with E-state index in [9.17, 15) is 0 Å². The third-order valence-electron chi connectivity index (χ3n) is 4.17. The van der Waals surface area contributed by atoms with Gasteiger partial charge in [-0.15, -0.1) is 0 Å². The lowest BCUT2D eigenvalue weighted by Gasteiger charge is -2.43. The minimum absolute atomic E-state index is 0.433. The van der Waals surface area contributed by atoms with Crippen molar-refractivity contribution in [2.75, 3.05) is 20.2 Å². The van der Waals surface area contributed by atoms with Crippen LogP contribution < -0.4 is 5.32 Å². The predicted molar refractivity (Wildman–Crippen MR) is 71.7 cm³/mol. The van der Waals surface area contributed by atoms with Crippen LogP contribution in [0.2, 0.25) is 0 Å². The van der Waals surface area contributed by atoms with Crippen LogP contribution in [0.1, 0.15) is 37.1 Å². The number of hydrogen-bond donors (Lipinski definition) is 1. The third-order valence-corrected chi connectivity index (χ3v) is 4.17. The van der Waals surface area contributed by atoms with Gasteiger partial charge in [-0.2, -0.15) is 0 Å². The van der Waals surface area contributed by atoms with E-state index < -0.39 is 0 Å². The molecule has 0 spiro atoms. The minimum Gasteiger partial charge on any atom is -0.375 e. The number of aromatic nitrogens is 1. The molecule has 1 saturated heterocycles. The highest BCUT2D eigenvalue weighted by Gasteiger charge is 2.34. The Balaban J connectivity index is 1.63. The fourth-order valence-corrected chi connectivity index (χ4v) is 3.27. The summed E-state index contributed by atoms with van der Waals surface area (Å²) in [6.45, 7) is 3.47. The number of nitrogens with one attached hydrogen (secondary N) is 1. The molecule has 1 saturated carbocycles. The Labute approximate surface area is 114 Å². The molecular formula is C14H23N3O2. The summed E-state index contributed by atoms with van der Waals surface area (Å²) in [5.74, 6) is 0.969. The van der Waals surface area contributed by atoms with E-state index in [4.69, 9.17) is 9.26 Å². The molecule has 0 aromatic carbocycles. The number of ether oxygens (including phenoxy) is 1. The van der Waals surface area contributed by atoms with Gasteiger partial charge in [0.15, 0.2) is 5.76 Å². The maximum absolute atomic E-state index is 5.90. The number of fused-ring (bicyclic) bond motifs is 1. The van der Waals surface area contributed by atoms with Gasteiger partial charge in [0.05, 0.1) is 24.9 Å². The fraction of sp³-hybridized carbons (Fsp3) is 0.786. The van der Waals surface area contributed by atoms with Gasteiger partial charge in [0.2, 0.25) is 0 Å². The molecule has 5 nitrogen and oxygen atoms in total. The Morgan fingerprint density at radius 2 is 2.32 bits per heavy atom. The van der Waals surface area contributed by atoms with Crippen molar-refractivity contribution < 1.29 is 9.26 Å². The largest absolute Gasteiger partial charge is 0.375 e. The van der Waals surface area contributed by atoms with Gasteiger partial charge in [-0.1, -0.05) is 18.0 Å². The van der Waals surface area contributed by atoms with E-state index in [0.717, 1.165) is 37.7 Å². The van der Waals surface area contributed by atoms with E-state index >= 15 is 0 Å². The van der Waals surface area contributed by atoms with Crippen molar-refractivity contribution in [3.63, 3.8) is 0 Å². The van der Waals surface area contributed by atoms with Crippen molar-refractivity contribution in [3.8, 4) is 0 Å². The average molecular weight is 265 g/mol. The van der Waals surface area contributed by atoms with Gasteiger partial charge in [-0.05, 0) is 19.9 Å². The fourth-order valence-electron chi connectivity index (χ4n) is 3.27. The molecule has 19 heavy (non-hydrogen) atoms. The van der Waals surface area contributed by atoms with Crippen LogP contribution in [0, 0.1) is 0 Å². The van der Waals surface area contributed by atoms with Crippen molar-refractivity contribution in [3.05, 3.63) is 17.5 Å². The Morgan fingerprint density at radius 1 is 1.42 bits per heavy atom. The van der Waals surface area contributed by atoms with Crippen LogP contribution in [-0.4, -0.2) is 42.4 Å². The van der Waals surface area contributed by atoms with Crippen LogP contribution in [0.4, 0.5) is 0 Å². The molecule has 106 valence electrons. The van der Waals surface area contributed by atoms with Crippen molar-refractivity contribution in [2.24, 2.45) is 0 Å². The van der Waals surface area contributed by atoms with E-state index in [2.05, 4.69) is 21.4 Å². The Kier molecular flexibility index (Phi) is 4.15. The van der Waals surface area contributed by atoms with Crippen LogP contribution in [-0.2, 0) is 17.8 Å². The van der Waals surface area contributed by atoms with Crippen LogP contribution in [0.15, 0.2) is 10.6 Å². The zero-order valence-corrected chi connectivity index (χ0v) is 11.6. The van der Waals surface area contributed by atoms with E-state index in [-0.39, 0.29) is 0 Å². The maximum Gasteiger partial charge on any atom is 0.151 e. The van der Waals surface area contributed by atoms with Crippen molar-refractivity contribution in [2.45, 2.75) is 50.9 Å². The van der Waals surface area contributed by atoms with Crippen LogP contribution in [0.3, 0.4) is 0 Å². The van der Waals surface area contributed by atoms with Crippen LogP contribution in [0.5, 0.6) is 0 Å². The van der Waals surface area contributed by atoms with Gasteiger partial charge in [-0.3, -0.25) is 4.90 Å². The second-order valence-corrected chi connectivity index (χ2v) is 5.55. The SMILES string of the molecule is CNCc1cc(CN2CCOC3CCCCC32)on1. The highest BCUT2D eigenvalue weighted by atomic mass is 16.5. The molecule has 1 aliphatic carbocycles. The summed E-state index contributed by atoms with van der Waals surface area (Å²) >= 11 is 0. The first-order chi connectivity index (χ1) is 9.36. The first-order valence-corrected chi connectivity index (χ1v) is 7.31. The van der Waals surface area contributed by atoms with Crippen molar-refractivity contribution >= 4 is 0 Å². The number of nitrogens with zero attached hydrogens (tertiary/aromatic N) is 2. The Hall–Kier alpha value is -0.910. The number of hydrogen-bond acceptors (Lipinski definition) is 5. The molecule has 1 aromatic heterocycles. The van der Waals surface area contributed by atoms with E-state index in [1.54, 1.807) is 0 Å². The smallest absolute Gasteiger partial charge is 0.151 e. The first-order valence-electron chi connectivity index (χ1n) is 7.31. The summed E-state index contributed by atoms with van der Waals surface area (Å²) in [6.07, 6.45) is 5.53. The lowest BCUT2D eigenvalue weighted by atomic mass is 9.90. The third kappa shape index (κ3) is 2.99. The molecule has 2 aliphatic rings. The number of morpholine rings is 1. The topological polar surface area (TPSA) is 50.5 Å². The lowest BCUT2D eigenvalue weighted by Crippen LogP contribution is -2.52. The standard InChI is InChI=1S/C14H23N3O2/c1-15-9-11-8-12(19-16-11)10-17-6-7-18-14-5-3-2-4-13(14)17/h8,13-15H,2-7,9-10H2,1H3. The summed E-state index contributed by atoms with van der Waals surface area (Å²) in [5.41, 5.74) is 0.978. The molecule has 1 aromatic rings. The molecule has 3 rings (SSSR count). The molecule has 1 N–H and O–H groups in total. The summed E-state index contributed by atoms with van der Waals surface area (Å²) < 4.78 is 11.3. The average Bonchev–Trinajstić information content (AvgIpc) is 2.87. The molecular weight excluding hydrogens is 242 g/mol. The minimum atomic E-state index is 0.433. The summed E-state index contributed by atoms with van der Waals surface area (Å²) in [7, 11) is 1.92. The van der Waals surface area contributed by atoms with Crippen LogP contribution in [0.25, 0.3) is 0 Å². The monoisotopic (exact) mass is 265 g/mol. The second kappa shape index (κ2) is 6.03. The zero-order chi connectivity index (χ0) is 13.1. The van der Waals surface area contributed by atoms with Gasteiger partial charge < -0.3 is 14.6 Å². The molecule has 2 atom stereocenters. The Bertz CT molecular complexity index is 405. The summed E-state index contributed by atoms with van der Waals surface area (Å²) in [5, 5.41) is 7.17. The molecule has 0 bridgehead atoms. The van der Waals surface area contributed by atoms with Crippen molar-refractivity contribution in [1.29, 1.82) is 0 Å². The van der Waals surface area contributed by atoms with E-state index in [1.165, 1.54) is 25.7 Å². The zero-order valence-electron chi connectivity index (χ0n) is 11.6. The van der Waals surface area contributed by atoms with Gasteiger partial charge in [-0.25, -0.2) is 0 Å². The molecule has 1 aliphatic heterocycles. The van der Waals surface area contributed by atoms with Gasteiger partial charge >= 0.3 is 0 Å². The van der Waals surface area contributed by atoms with E-state index in [1.807, 2.05) is 7.05 Å². The molecule has 2 unspecified atom stereocenters. The lowest BCUT2D eigenvalue weighted by molar-refractivity contribution is -0.0929. The number of rotatable bonds is 4. The Morgan fingerprint density at radius 3 is 3.21 bits per heavy atom. The summed E-state index contributed by atoms with van der Waals surface area (Å²) in [6, 6.07) is 2.63. The second-order valence-electron chi connectivity index (χ2n) is 5.55. The van der Waals surface area contributed by atoms with Crippen molar-refractivity contribution in [1.82, 2.24) is 15.4 Å². The normalized spacial score (nSPS) is 28.3. The van der Waals surface area contributed by atoms with E-state index in [0.29, 0.717) is 12.1 Å². The highest BCUT2D eigenvalue weighted by Crippen LogP contribution is 2.29. The predicted octanol–water partition coefficient (Wildman–Crippen LogP) is 1.54. The summed E-state index contributed by atoms with van der Waals surface area (Å²) in [4.78, 5) is 2.51. The molecule has 5 heteroatoms.